The fraction of sp³-hybridized carbons (Fsp3) is 0.231. The smallest absolute Gasteiger partial charge is 0.223 e. The van der Waals surface area contributed by atoms with Crippen molar-refractivity contribution in [3.8, 4) is 0 Å². The van der Waals surface area contributed by atoms with Crippen LogP contribution in [-0.4, -0.2) is 9.97 Å². The van der Waals surface area contributed by atoms with Gasteiger partial charge in [-0.25, -0.2) is 9.97 Å². The molecule has 0 fully saturated rings. The van der Waals surface area contributed by atoms with Crippen LogP contribution < -0.4 is 5.73 Å². The van der Waals surface area contributed by atoms with Crippen LogP contribution in [0.4, 0.5) is 5.69 Å². The molecule has 0 saturated heterocycles. The molecule has 5 heteroatoms. The lowest BCUT2D eigenvalue weighted by atomic mass is 10.2. The van der Waals surface area contributed by atoms with E-state index in [1.807, 2.05) is 13.0 Å². The Labute approximate surface area is 116 Å². The van der Waals surface area contributed by atoms with Gasteiger partial charge < -0.3 is 5.73 Å². The summed E-state index contributed by atoms with van der Waals surface area (Å²) in [5.74, 6) is 0.818. The fourth-order valence-electron chi connectivity index (χ4n) is 1.59. The number of nitrogens with two attached hydrogens (primary N) is 1. The lowest BCUT2D eigenvalue weighted by molar-refractivity contribution is 1.02. The van der Waals surface area contributed by atoms with Crippen LogP contribution in [0.15, 0.2) is 29.3 Å². The van der Waals surface area contributed by atoms with Crippen molar-refractivity contribution in [3.05, 3.63) is 46.4 Å². The number of halogens is 1. The molecule has 0 aliphatic carbocycles. The van der Waals surface area contributed by atoms with E-state index in [4.69, 9.17) is 17.3 Å². The molecule has 18 heavy (non-hydrogen) atoms. The molecule has 1 aromatic heterocycles. The van der Waals surface area contributed by atoms with Gasteiger partial charge in [-0.05, 0) is 31.0 Å². The maximum Gasteiger partial charge on any atom is 0.223 e. The van der Waals surface area contributed by atoms with Crippen LogP contribution in [0.25, 0.3) is 0 Å². The van der Waals surface area contributed by atoms with Crippen LogP contribution in [0.5, 0.6) is 0 Å². The highest BCUT2D eigenvalue weighted by Crippen LogP contribution is 2.28. The van der Waals surface area contributed by atoms with Gasteiger partial charge in [0.05, 0.1) is 11.4 Å². The summed E-state index contributed by atoms with van der Waals surface area (Å²) in [6.45, 7) is 3.91. The molecule has 0 atom stereocenters. The molecule has 0 saturated carbocycles. The Kier molecular flexibility index (Phi) is 4.09. The van der Waals surface area contributed by atoms with Crippen molar-refractivity contribution in [2.45, 2.75) is 24.6 Å². The van der Waals surface area contributed by atoms with E-state index in [0.29, 0.717) is 5.69 Å². The summed E-state index contributed by atoms with van der Waals surface area (Å²) in [5, 5.41) is 0.988. The lowest BCUT2D eigenvalue weighted by Gasteiger charge is -2.07. The van der Waals surface area contributed by atoms with Crippen LogP contribution in [0.2, 0.25) is 5.28 Å². The third-order valence-corrected chi connectivity index (χ3v) is 3.76. The lowest BCUT2D eigenvalue weighted by Crippen LogP contribution is -1.99. The Morgan fingerprint density at radius 3 is 2.78 bits per heavy atom. The van der Waals surface area contributed by atoms with Crippen LogP contribution >= 0.6 is 23.4 Å². The Balaban J connectivity index is 2.15. The molecule has 2 rings (SSSR count). The predicted octanol–water partition coefficient (Wildman–Crippen LogP) is 3.62. The molecule has 0 spiro atoms. The molecule has 0 amide bonds. The highest BCUT2D eigenvalue weighted by atomic mass is 35.5. The largest absolute Gasteiger partial charge is 0.395 e. The number of rotatable bonds is 3. The first-order chi connectivity index (χ1) is 8.56. The summed E-state index contributed by atoms with van der Waals surface area (Å²) in [6.07, 6.45) is 0. The van der Waals surface area contributed by atoms with Gasteiger partial charge in [-0.1, -0.05) is 41.6 Å². The molecular formula is C13H14ClN3S. The molecule has 0 bridgehead atoms. The molecule has 94 valence electrons. The molecule has 3 nitrogen and oxygen atoms in total. The first-order valence-electron chi connectivity index (χ1n) is 5.54. The first kappa shape index (κ1) is 13.2. The summed E-state index contributed by atoms with van der Waals surface area (Å²) in [7, 11) is 0. The zero-order valence-electron chi connectivity index (χ0n) is 10.3. The number of hydrogen-bond donors (Lipinski definition) is 1. The second-order valence-electron chi connectivity index (χ2n) is 4.07. The Hall–Kier alpha value is -1.26. The van der Waals surface area contributed by atoms with E-state index < -0.39 is 0 Å². The molecule has 2 aromatic rings. The molecule has 0 unspecified atom stereocenters. The van der Waals surface area contributed by atoms with Gasteiger partial charge in [0, 0.05) is 5.75 Å². The normalized spacial score (nSPS) is 10.6. The minimum atomic E-state index is 0.244. The molecular weight excluding hydrogens is 266 g/mol. The van der Waals surface area contributed by atoms with Crippen LogP contribution in [0.3, 0.4) is 0 Å². The van der Waals surface area contributed by atoms with E-state index in [0.717, 1.165) is 16.5 Å². The summed E-state index contributed by atoms with van der Waals surface area (Å²) in [6, 6.07) is 8.37. The molecule has 1 aromatic carbocycles. The summed E-state index contributed by atoms with van der Waals surface area (Å²) >= 11 is 7.41. The first-order valence-corrected chi connectivity index (χ1v) is 6.90. The van der Waals surface area contributed by atoms with E-state index >= 15 is 0 Å². The van der Waals surface area contributed by atoms with Crippen LogP contribution in [-0.2, 0) is 5.75 Å². The van der Waals surface area contributed by atoms with Gasteiger partial charge >= 0.3 is 0 Å². The Morgan fingerprint density at radius 2 is 2.06 bits per heavy atom. The quantitative estimate of drug-likeness (QED) is 0.530. The molecule has 1 heterocycles. The predicted molar refractivity (Wildman–Crippen MR) is 76.9 cm³/mol. The third-order valence-electron chi connectivity index (χ3n) is 2.53. The Morgan fingerprint density at radius 1 is 1.28 bits per heavy atom. The van der Waals surface area contributed by atoms with Crippen molar-refractivity contribution in [2.24, 2.45) is 0 Å². The number of anilines is 1. The standard InChI is InChI=1S/C13H14ClN3S/c1-8-4-3-5-10(6-8)7-18-12-11(15)9(2)16-13(14)17-12/h3-6H,7,15H2,1-2H3. The average molecular weight is 280 g/mol. The summed E-state index contributed by atoms with van der Waals surface area (Å²) < 4.78 is 0. The monoisotopic (exact) mass is 279 g/mol. The number of aryl methyl sites for hydroxylation is 2. The zero-order valence-corrected chi connectivity index (χ0v) is 11.8. The minimum Gasteiger partial charge on any atom is -0.395 e. The molecule has 0 radical (unpaired) electrons. The highest BCUT2D eigenvalue weighted by molar-refractivity contribution is 7.98. The van der Waals surface area contributed by atoms with E-state index in [2.05, 4.69) is 35.1 Å². The van der Waals surface area contributed by atoms with Gasteiger partial charge in [-0.15, -0.1) is 0 Å². The van der Waals surface area contributed by atoms with Crippen molar-refractivity contribution in [2.75, 3.05) is 5.73 Å². The number of nitrogens with zero attached hydrogens (tertiary/aromatic N) is 2. The van der Waals surface area contributed by atoms with Gasteiger partial charge in [0.1, 0.15) is 5.03 Å². The van der Waals surface area contributed by atoms with Crippen molar-refractivity contribution in [3.63, 3.8) is 0 Å². The minimum absolute atomic E-state index is 0.244. The van der Waals surface area contributed by atoms with Gasteiger partial charge in [-0.2, -0.15) is 0 Å². The average Bonchev–Trinajstić information content (AvgIpc) is 2.32. The van der Waals surface area contributed by atoms with E-state index in [-0.39, 0.29) is 5.28 Å². The molecule has 0 aliphatic rings. The van der Waals surface area contributed by atoms with Crippen molar-refractivity contribution < 1.29 is 0 Å². The van der Waals surface area contributed by atoms with Gasteiger partial charge in [0.15, 0.2) is 0 Å². The number of aromatic nitrogens is 2. The van der Waals surface area contributed by atoms with Crippen molar-refractivity contribution in [1.29, 1.82) is 0 Å². The summed E-state index contributed by atoms with van der Waals surface area (Å²) in [5.41, 5.74) is 9.76. The van der Waals surface area contributed by atoms with Crippen LogP contribution in [0, 0.1) is 13.8 Å². The number of nitrogen functional groups attached to an aromatic ring is 1. The van der Waals surface area contributed by atoms with Crippen LogP contribution in [0.1, 0.15) is 16.8 Å². The SMILES string of the molecule is Cc1cccc(CSc2nc(Cl)nc(C)c2N)c1. The maximum absolute atomic E-state index is 5.94. The van der Waals surface area contributed by atoms with Gasteiger partial charge in [0.2, 0.25) is 5.28 Å². The summed E-state index contributed by atoms with van der Waals surface area (Å²) in [4.78, 5) is 8.18. The molecule has 0 aliphatic heterocycles. The second-order valence-corrected chi connectivity index (χ2v) is 5.38. The molecule has 2 N–H and O–H groups in total. The van der Waals surface area contributed by atoms with Gasteiger partial charge in [-0.3, -0.25) is 0 Å². The van der Waals surface area contributed by atoms with Crippen molar-refractivity contribution in [1.82, 2.24) is 9.97 Å². The van der Waals surface area contributed by atoms with E-state index in [9.17, 15) is 0 Å². The highest BCUT2D eigenvalue weighted by Gasteiger charge is 2.08. The fourth-order valence-corrected chi connectivity index (χ4v) is 2.78. The van der Waals surface area contributed by atoms with Crippen molar-refractivity contribution >= 4 is 29.1 Å². The number of thioether (sulfide) groups is 1. The van der Waals surface area contributed by atoms with E-state index in [1.165, 1.54) is 11.1 Å². The third kappa shape index (κ3) is 3.15. The maximum atomic E-state index is 5.94. The number of hydrogen-bond acceptors (Lipinski definition) is 4. The topological polar surface area (TPSA) is 51.8 Å². The van der Waals surface area contributed by atoms with Gasteiger partial charge in [0.25, 0.3) is 0 Å². The Bertz CT molecular complexity index is 572. The zero-order chi connectivity index (χ0) is 13.1. The second kappa shape index (κ2) is 5.59. The number of benzene rings is 1. The van der Waals surface area contributed by atoms with E-state index in [1.54, 1.807) is 11.8 Å².